The number of nitrogens with one attached hydrogen (secondary N) is 1. The molecule has 2 aromatic carbocycles. The highest BCUT2D eigenvalue weighted by molar-refractivity contribution is 6.04. The van der Waals surface area contributed by atoms with Crippen LogP contribution in [0.4, 0.5) is 5.69 Å². The van der Waals surface area contributed by atoms with Crippen LogP contribution in [0, 0.1) is 0 Å². The molecule has 0 unspecified atom stereocenters. The molecule has 8 nitrogen and oxygen atoms in total. The van der Waals surface area contributed by atoms with Gasteiger partial charge in [0.15, 0.2) is 0 Å². The van der Waals surface area contributed by atoms with Crippen molar-refractivity contribution in [3.8, 4) is 5.75 Å². The van der Waals surface area contributed by atoms with Crippen molar-refractivity contribution in [2.75, 3.05) is 38.9 Å². The summed E-state index contributed by atoms with van der Waals surface area (Å²) in [5.74, 6) is 0.361. The Labute approximate surface area is 187 Å². The average Bonchev–Trinajstić information content (AvgIpc) is 2.85. The Morgan fingerprint density at radius 3 is 2.44 bits per heavy atom. The van der Waals surface area contributed by atoms with Crippen LogP contribution in [0.2, 0.25) is 0 Å². The number of carbonyl (C=O) groups is 2. The lowest BCUT2D eigenvalue weighted by molar-refractivity contribution is -0.168. The summed E-state index contributed by atoms with van der Waals surface area (Å²) in [6.07, 6.45) is 1.07. The van der Waals surface area contributed by atoms with Crippen molar-refractivity contribution in [2.45, 2.75) is 31.0 Å². The molecule has 170 valence electrons. The first-order valence-electron chi connectivity index (χ1n) is 10.8. The maximum Gasteiger partial charge on any atom is 0.255 e. The first-order chi connectivity index (χ1) is 15.6. The molecule has 0 spiro atoms. The summed E-state index contributed by atoms with van der Waals surface area (Å²) in [6, 6.07) is 13.8. The highest BCUT2D eigenvalue weighted by atomic mass is 16.5. The summed E-state index contributed by atoms with van der Waals surface area (Å²) in [5.41, 5.74) is 2.01. The number of rotatable bonds is 6. The molecule has 0 bridgehead atoms. The fraction of sp³-hybridized carbons (Fsp3) is 0.417. The number of hydrogen-bond donors (Lipinski definition) is 2. The predicted molar refractivity (Wildman–Crippen MR) is 118 cm³/mol. The number of aliphatic hydroxyl groups excluding tert-OH is 1. The molecule has 2 aliphatic rings. The van der Waals surface area contributed by atoms with E-state index in [-0.39, 0.29) is 31.1 Å². The Morgan fingerprint density at radius 1 is 1.12 bits per heavy atom. The lowest BCUT2D eigenvalue weighted by Crippen LogP contribution is -2.57. The number of anilines is 1. The number of nitrogens with zero attached hydrogens (tertiary/aromatic N) is 1. The van der Waals surface area contributed by atoms with Crippen LogP contribution in [0.5, 0.6) is 5.75 Å². The van der Waals surface area contributed by atoms with E-state index >= 15 is 0 Å². The van der Waals surface area contributed by atoms with Gasteiger partial charge in [-0.3, -0.25) is 9.59 Å². The van der Waals surface area contributed by atoms with Crippen LogP contribution in [-0.2, 0) is 14.3 Å². The fourth-order valence-electron chi connectivity index (χ4n) is 4.32. The number of carbonyl (C=O) groups excluding carboxylic acids is 2. The molecule has 8 heteroatoms. The molecule has 2 N–H and O–H groups in total. The number of aliphatic hydroxyl groups is 1. The van der Waals surface area contributed by atoms with Gasteiger partial charge in [-0.25, -0.2) is 0 Å². The average molecular weight is 440 g/mol. The van der Waals surface area contributed by atoms with Crippen molar-refractivity contribution in [3.63, 3.8) is 0 Å². The van der Waals surface area contributed by atoms with Gasteiger partial charge in [0, 0.05) is 30.5 Å². The topological polar surface area (TPSA) is 97.3 Å². The maximum atomic E-state index is 12.6. The van der Waals surface area contributed by atoms with Crippen molar-refractivity contribution in [1.29, 1.82) is 0 Å². The Kier molecular flexibility index (Phi) is 7.04. The van der Waals surface area contributed by atoms with E-state index in [9.17, 15) is 14.7 Å². The maximum absolute atomic E-state index is 12.6. The largest absolute Gasteiger partial charge is 0.497 e. The second-order valence-corrected chi connectivity index (χ2v) is 7.93. The van der Waals surface area contributed by atoms with Crippen LogP contribution in [0.1, 0.15) is 34.9 Å². The van der Waals surface area contributed by atoms with Crippen molar-refractivity contribution in [1.82, 2.24) is 4.90 Å². The van der Waals surface area contributed by atoms with E-state index in [2.05, 4.69) is 5.32 Å². The van der Waals surface area contributed by atoms with Gasteiger partial charge in [0.2, 0.25) is 5.91 Å². The molecule has 2 fully saturated rings. The van der Waals surface area contributed by atoms with E-state index in [0.717, 1.165) is 18.4 Å². The van der Waals surface area contributed by atoms with E-state index in [1.54, 1.807) is 48.4 Å². The molecule has 0 radical (unpaired) electrons. The van der Waals surface area contributed by atoms with Gasteiger partial charge >= 0.3 is 0 Å². The number of amides is 2. The van der Waals surface area contributed by atoms with Crippen LogP contribution in [0.25, 0.3) is 0 Å². The number of morpholine rings is 1. The first-order valence-corrected chi connectivity index (χ1v) is 10.8. The van der Waals surface area contributed by atoms with Crippen LogP contribution < -0.4 is 10.1 Å². The molecule has 0 aromatic heterocycles. The molecule has 2 atom stereocenters. The van der Waals surface area contributed by atoms with Gasteiger partial charge in [0.05, 0.1) is 19.8 Å². The quantitative estimate of drug-likeness (QED) is 0.716. The van der Waals surface area contributed by atoms with Gasteiger partial charge in [0.1, 0.15) is 18.5 Å². The second-order valence-electron chi connectivity index (χ2n) is 7.93. The van der Waals surface area contributed by atoms with Crippen LogP contribution in [-0.4, -0.2) is 67.4 Å². The number of methoxy groups -OCH3 is 1. The van der Waals surface area contributed by atoms with Crippen LogP contribution in [0.3, 0.4) is 0 Å². The van der Waals surface area contributed by atoms with E-state index in [0.29, 0.717) is 30.2 Å². The van der Waals surface area contributed by atoms with E-state index in [1.165, 1.54) is 0 Å². The van der Waals surface area contributed by atoms with Crippen molar-refractivity contribution in [3.05, 3.63) is 59.7 Å². The molecule has 2 aliphatic heterocycles. The third kappa shape index (κ3) is 4.77. The summed E-state index contributed by atoms with van der Waals surface area (Å²) in [4.78, 5) is 26.9. The Bertz CT molecular complexity index is 925. The highest BCUT2D eigenvalue weighted by Gasteiger charge is 2.41. The SMILES string of the molecule is COc1ccc(C(=O)Nc2ccc([C@H]3OCC(=O)N(C4CCOCC4)[C@@H]3CO)cc2)cc1. The van der Waals surface area contributed by atoms with Crippen molar-refractivity contribution < 1.29 is 28.9 Å². The van der Waals surface area contributed by atoms with Gasteiger partial charge in [-0.1, -0.05) is 12.1 Å². The molecule has 2 aromatic rings. The number of hydrogen-bond acceptors (Lipinski definition) is 6. The van der Waals surface area contributed by atoms with Gasteiger partial charge in [-0.2, -0.15) is 0 Å². The third-order valence-electron chi connectivity index (χ3n) is 6.00. The van der Waals surface area contributed by atoms with E-state index < -0.39 is 12.1 Å². The summed E-state index contributed by atoms with van der Waals surface area (Å²) >= 11 is 0. The van der Waals surface area contributed by atoms with Crippen LogP contribution >= 0.6 is 0 Å². The Balaban J connectivity index is 1.46. The Morgan fingerprint density at radius 2 is 1.81 bits per heavy atom. The minimum absolute atomic E-state index is 0.0194. The highest BCUT2D eigenvalue weighted by Crippen LogP contribution is 2.33. The van der Waals surface area contributed by atoms with Gasteiger partial charge in [-0.15, -0.1) is 0 Å². The summed E-state index contributed by atoms with van der Waals surface area (Å²) in [5, 5.41) is 13.0. The first kappa shape index (κ1) is 22.3. The fourth-order valence-corrected chi connectivity index (χ4v) is 4.32. The lowest BCUT2D eigenvalue weighted by atomic mass is 9.95. The zero-order chi connectivity index (χ0) is 22.5. The van der Waals surface area contributed by atoms with Gasteiger partial charge < -0.3 is 29.5 Å². The minimum atomic E-state index is -0.459. The second kappa shape index (κ2) is 10.1. The Hall–Kier alpha value is -2.94. The smallest absolute Gasteiger partial charge is 0.255 e. The normalized spacial score (nSPS) is 21.9. The predicted octanol–water partition coefficient (Wildman–Crippen LogP) is 2.39. The summed E-state index contributed by atoms with van der Waals surface area (Å²) in [6.45, 7) is 1.01. The summed E-state index contributed by atoms with van der Waals surface area (Å²) < 4.78 is 16.4. The van der Waals surface area contributed by atoms with Gasteiger partial charge in [0.25, 0.3) is 5.91 Å². The molecule has 2 amide bonds. The molecule has 0 saturated carbocycles. The molecular formula is C24H28N2O6. The molecule has 2 heterocycles. The molecule has 4 rings (SSSR count). The monoisotopic (exact) mass is 440 g/mol. The molecule has 32 heavy (non-hydrogen) atoms. The standard InChI is InChI=1S/C24H28N2O6/c1-30-20-8-4-17(5-9-20)24(29)25-18-6-2-16(3-7-18)23-21(14-27)26(22(28)15-32-23)19-10-12-31-13-11-19/h2-9,19,21,23,27H,10-15H2,1H3,(H,25,29)/t21-,23-/m1/s1. The zero-order valence-electron chi connectivity index (χ0n) is 18.0. The van der Waals surface area contributed by atoms with E-state index in [1.807, 2.05) is 12.1 Å². The van der Waals surface area contributed by atoms with Crippen molar-refractivity contribution in [2.24, 2.45) is 0 Å². The summed E-state index contributed by atoms with van der Waals surface area (Å²) in [7, 11) is 1.58. The molecule has 0 aliphatic carbocycles. The molecular weight excluding hydrogens is 412 g/mol. The third-order valence-corrected chi connectivity index (χ3v) is 6.00. The molecule has 2 saturated heterocycles. The number of ether oxygens (including phenoxy) is 3. The lowest BCUT2D eigenvalue weighted by Gasteiger charge is -2.45. The van der Waals surface area contributed by atoms with Crippen molar-refractivity contribution >= 4 is 17.5 Å². The van der Waals surface area contributed by atoms with Gasteiger partial charge in [-0.05, 0) is 54.8 Å². The zero-order valence-corrected chi connectivity index (χ0v) is 18.0. The minimum Gasteiger partial charge on any atom is -0.497 e. The van der Waals surface area contributed by atoms with Crippen LogP contribution in [0.15, 0.2) is 48.5 Å². The van der Waals surface area contributed by atoms with E-state index in [4.69, 9.17) is 14.2 Å². The number of benzene rings is 2.